The van der Waals surface area contributed by atoms with Gasteiger partial charge in [0.2, 0.25) is 0 Å². The van der Waals surface area contributed by atoms with Crippen LogP contribution in [0.2, 0.25) is 0 Å². The number of benzene rings is 1. The van der Waals surface area contributed by atoms with Gasteiger partial charge in [-0.25, -0.2) is 9.78 Å². The Morgan fingerprint density at radius 3 is 2.96 bits per heavy atom. The number of hydrogen-bond acceptors (Lipinski definition) is 5. The second-order valence-corrected chi connectivity index (χ2v) is 7.43. The maximum Gasteiger partial charge on any atom is 0.409 e. The largest absolute Gasteiger partial charge is 0.450 e. The van der Waals surface area contributed by atoms with Gasteiger partial charge in [0.15, 0.2) is 5.13 Å². The van der Waals surface area contributed by atoms with Gasteiger partial charge in [0.1, 0.15) is 0 Å². The zero-order valence-electron chi connectivity index (χ0n) is 13.5. The first-order chi connectivity index (χ1) is 11.7. The van der Waals surface area contributed by atoms with Gasteiger partial charge in [-0.2, -0.15) is 0 Å². The van der Waals surface area contributed by atoms with Crippen LogP contribution in [0.3, 0.4) is 0 Å². The van der Waals surface area contributed by atoms with E-state index in [4.69, 9.17) is 4.74 Å². The van der Waals surface area contributed by atoms with Crippen molar-refractivity contribution >= 4 is 38.5 Å². The van der Waals surface area contributed by atoms with E-state index in [-0.39, 0.29) is 6.09 Å². The molecular formula is C17H20BrN3O2S. The van der Waals surface area contributed by atoms with Crippen molar-refractivity contribution in [2.24, 2.45) is 0 Å². The van der Waals surface area contributed by atoms with Crippen LogP contribution in [-0.4, -0.2) is 41.7 Å². The number of halogens is 1. The van der Waals surface area contributed by atoms with Crippen LogP contribution in [-0.2, 0) is 4.74 Å². The molecule has 1 fully saturated rings. The number of ether oxygens (including phenoxy) is 1. The first-order valence-electron chi connectivity index (χ1n) is 8.05. The van der Waals surface area contributed by atoms with Gasteiger partial charge < -0.3 is 15.0 Å². The first-order valence-corrected chi connectivity index (χ1v) is 9.72. The van der Waals surface area contributed by atoms with Crippen molar-refractivity contribution in [3.05, 3.63) is 34.1 Å². The van der Waals surface area contributed by atoms with E-state index in [1.54, 1.807) is 16.2 Å². The van der Waals surface area contributed by atoms with Crippen LogP contribution in [0.1, 0.15) is 19.8 Å². The molecule has 7 heteroatoms. The predicted octanol–water partition coefficient (Wildman–Crippen LogP) is 4.61. The third-order valence-electron chi connectivity index (χ3n) is 3.97. The number of carbonyl (C=O) groups is 1. The Bertz CT molecular complexity index is 699. The lowest BCUT2D eigenvalue weighted by atomic mass is 10.1. The van der Waals surface area contributed by atoms with Crippen molar-refractivity contribution in [1.29, 1.82) is 0 Å². The van der Waals surface area contributed by atoms with Crippen LogP contribution in [0, 0.1) is 0 Å². The lowest BCUT2D eigenvalue weighted by Gasteiger charge is -2.31. The number of nitrogens with one attached hydrogen (secondary N) is 1. The van der Waals surface area contributed by atoms with Gasteiger partial charge in [0, 0.05) is 34.5 Å². The summed E-state index contributed by atoms with van der Waals surface area (Å²) >= 11 is 5.11. The molecule has 1 saturated heterocycles. The van der Waals surface area contributed by atoms with Crippen molar-refractivity contribution < 1.29 is 9.53 Å². The van der Waals surface area contributed by atoms with E-state index in [0.29, 0.717) is 12.6 Å². The molecular weight excluding hydrogens is 390 g/mol. The molecule has 1 aromatic heterocycles. The van der Waals surface area contributed by atoms with Gasteiger partial charge in [-0.1, -0.05) is 28.1 Å². The van der Waals surface area contributed by atoms with Crippen LogP contribution >= 0.6 is 27.3 Å². The molecule has 5 nitrogen and oxygen atoms in total. The third-order valence-corrected chi connectivity index (χ3v) is 5.24. The van der Waals surface area contributed by atoms with Crippen molar-refractivity contribution in [3.63, 3.8) is 0 Å². The van der Waals surface area contributed by atoms with Crippen LogP contribution < -0.4 is 5.32 Å². The van der Waals surface area contributed by atoms with Gasteiger partial charge in [0.05, 0.1) is 12.3 Å². The molecule has 2 aromatic rings. The molecule has 0 atom stereocenters. The molecule has 1 aromatic carbocycles. The Balaban J connectivity index is 1.56. The highest BCUT2D eigenvalue weighted by atomic mass is 79.9. The average molecular weight is 410 g/mol. The number of likely N-dealkylation sites (tertiary alicyclic amines) is 1. The van der Waals surface area contributed by atoms with E-state index in [1.807, 2.05) is 19.1 Å². The topological polar surface area (TPSA) is 54.5 Å². The summed E-state index contributed by atoms with van der Waals surface area (Å²) in [4.78, 5) is 18.2. The number of anilines is 1. The second kappa shape index (κ2) is 7.98. The summed E-state index contributed by atoms with van der Waals surface area (Å²) < 4.78 is 6.10. The van der Waals surface area contributed by atoms with Crippen molar-refractivity contribution in [3.8, 4) is 11.3 Å². The standard InChI is InChI=1S/C17H20BrN3O2S/c1-2-23-17(22)21-8-6-14(7-9-21)19-16-20-15(11-24-16)12-4-3-5-13(18)10-12/h3-5,10-11,14H,2,6-9H2,1H3,(H,19,20). The minimum Gasteiger partial charge on any atom is -0.450 e. The normalized spacial score (nSPS) is 15.3. The molecule has 24 heavy (non-hydrogen) atoms. The third kappa shape index (κ3) is 4.27. The number of amides is 1. The molecule has 1 aliphatic heterocycles. The fraction of sp³-hybridized carbons (Fsp3) is 0.412. The van der Waals surface area contributed by atoms with Crippen LogP contribution in [0.15, 0.2) is 34.1 Å². The van der Waals surface area contributed by atoms with Gasteiger partial charge in [-0.05, 0) is 31.9 Å². The highest BCUT2D eigenvalue weighted by Gasteiger charge is 2.24. The zero-order chi connectivity index (χ0) is 16.9. The van der Waals surface area contributed by atoms with Crippen LogP contribution in [0.25, 0.3) is 11.3 Å². The molecule has 1 amide bonds. The van der Waals surface area contributed by atoms with E-state index in [0.717, 1.165) is 46.8 Å². The molecule has 0 unspecified atom stereocenters. The van der Waals surface area contributed by atoms with E-state index < -0.39 is 0 Å². The number of piperidine rings is 1. The van der Waals surface area contributed by atoms with E-state index in [9.17, 15) is 4.79 Å². The minimum absolute atomic E-state index is 0.206. The lowest BCUT2D eigenvalue weighted by molar-refractivity contribution is 0.0983. The number of aromatic nitrogens is 1. The number of thiazole rings is 1. The Kier molecular flexibility index (Phi) is 5.73. The summed E-state index contributed by atoms with van der Waals surface area (Å²) in [5.74, 6) is 0. The summed E-state index contributed by atoms with van der Waals surface area (Å²) in [6, 6.07) is 8.48. The molecule has 0 bridgehead atoms. The lowest BCUT2D eigenvalue weighted by Crippen LogP contribution is -2.42. The van der Waals surface area contributed by atoms with Gasteiger partial charge in [-0.3, -0.25) is 0 Å². The SMILES string of the molecule is CCOC(=O)N1CCC(Nc2nc(-c3cccc(Br)c3)cs2)CC1. The van der Waals surface area contributed by atoms with Crippen LogP contribution in [0.4, 0.5) is 9.93 Å². The quantitative estimate of drug-likeness (QED) is 0.800. The molecule has 1 aliphatic rings. The molecule has 3 rings (SSSR count). The van der Waals surface area contributed by atoms with Crippen molar-refractivity contribution in [2.45, 2.75) is 25.8 Å². The summed E-state index contributed by atoms with van der Waals surface area (Å²) in [6.07, 6.45) is 1.61. The Hall–Kier alpha value is -1.60. The number of rotatable bonds is 4. The number of hydrogen-bond donors (Lipinski definition) is 1. The molecule has 0 spiro atoms. The maximum absolute atomic E-state index is 11.7. The van der Waals surface area contributed by atoms with Gasteiger partial charge >= 0.3 is 6.09 Å². The number of carbonyl (C=O) groups excluding carboxylic acids is 1. The fourth-order valence-corrected chi connectivity index (χ4v) is 3.91. The monoisotopic (exact) mass is 409 g/mol. The minimum atomic E-state index is -0.206. The predicted molar refractivity (Wildman–Crippen MR) is 100 cm³/mol. The Morgan fingerprint density at radius 2 is 2.25 bits per heavy atom. The highest BCUT2D eigenvalue weighted by molar-refractivity contribution is 9.10. The maximum atomic E-state index is 11.7. The van der Waals surface area contributed by atoms with E-state index in [1.165, 1.54) is 0 Å². The highest BCUT2D eigenvalue weighted by Crippen LogP contribution is 2.28. The molecule has 0 aliphatic carbocycles. The van der Waals surface area contributed by atoms with Crippen molar-refractivity contribution in [1.82, 2.24) is 9.88 Å². The Morgan fingerprint density at radius 1 is 1.46 bits per heavy atom. The second-order valence-electron chi connectivity index (χ2n) is 5.65. The molecule has 128 valence electrons. The molecule has 2 heterocycles. The number of nitrogens with zero attached hydrogens (tertiary/aromatic N) is 2. The first kappa shape index (κ1) is 17.2. The smallest absolute Gasteiger partial charge is 0.409 e. The van der Waals surface area contributed by atoms with Gasteiger partial charge in [0.25, 0.3) is 0 Å². The van der Waals surface area contributed by atoms with Crippen LogP contribution in [0.5, 0.6) is 0 Å². The molecule has 1 N–H and O–H groups in total. The van der Waals surface area contributed by atoms with E-state index in [2.05, 4.69) is 43.7 Å². The van der Waals surface area contributed by atoms with Gasteiger partial charge in [-0.15, -0.1) is 11.3 Å². The van der Waals surface area contributed by atoms with E-state index >= 15 is 0 Å². The summed E-state index contributed by atoms with van der Waals surface area (Å²) in [5, 5.41) is 6.49. The fourth-order valence-electron chi connectivity index (χ4n) is 2.72. The average Bonchev–Trinajstić information content (AvgIpc) is 3.04. The van der Waals surface area contributed by atoms with Crippen molar-refractivity contribution in [2.75, 3.05) is 25.0 Å². The summed E-state index contributed by atoms with van der Waals surface area (Å²) in [5.41, 5.74) is 2.08. The zero-order valence-corrected chi connectivity index (χ0v) is 15.9. The molecule has 0 saturated carbocycles. The Labute approximate surface area is 154 Å². The molecule has 0 radical (unpaired) electrons. The summed E-state index contributed by atoms with van der Waals surface area (Å²) in [7, 11) is 0. The summed E-state index contributed by atoms with van der Waals surface area (Å²) in [6.45, 7) is 3.70.